The first-order valence-electron chi connectivity index (χ1n) is 7.12. The van der Waals surface area contributed by atoms with E-state index in [4.69, 9.17) is 4.74 Å². The molecule has 0 saturated carbocycles. The van der Waals surface area contributed by atoms with Crippen molar-refractivity contribution in [3.63, 3.8) is 0 Å². The first kappa shape index (κ1) is 15.1. The Balaban J connectivity index is 2.11. The van der Waals surface area contributed by atoms with E-state index in [1.807, 2.05) is 24.3 Å². The van der Waals surface area contributed by atoms with Gasteiger partial charge in [0.1, 0.15) is 5.75 Å². The molecular formula is C17H27O. The van der Waals surface area contributed by atoms with Crippen molar-refractivity contribution in [3.8, 4) is 5.75 Å². The molecule has 0 aromatic heterocycles. The first-order chi connectivity index (χ1) is 8.58. The Kier molecular flexibility index (Phi) is 6.85. The van der Waals surface area contributed by atoms with Crippen LogP contribution in [0.4, 0.5) is 0 Å². The van der Waals surface area contributed by atoms with E-state index in [0.717, 1.165) is 36.2 Å². The third kappa shape index (κ3) is 6.68. The molecule has 1 aromatic carbocycles. The molecule has 1 rings (SSSR count). The van der Waals surface area contributed by atoms with Crippen LogP contribution in [0.5, 0.6) is 5.75 Å². The van der Waals surface area contributed by atoms with E-state index in [2.05, 4.69) is 27.7 Å². The smallest absolute Gasteiger partial charge is 0.119 e. The molecule has 0 saturated heterocycles. The van der Waals surface area contributed by atoms with Gasteiger partial charge >= 0.3 is 0 Å². The van der Waals surface area contributed by atoms with Crippen LogP contribution in [0.25, 0.3) is 0 Å². The van der Waals surface area contributed by atoms with E-state index < -0.39 is 0 Å². The molecule has 101 valence electrons. The highest BCUT2D eigenvalue weighted by Gasteiger charge is 2.03. The van der Waals surface area contributed by atoms with Crippen LogP contribution in [0.15, 0.2) is 24.3 Å². The topological polar surface area (TPSA) is 9.23 Å². The highest BCUT2D eigenvalue weighted by Crippen LogP contribution is 2.17. The molecule has 0 N–H and O–H groups in total. The SMILES string of the molecule is [CH2]c1ccc(OCCC(C)CCCC(C)C)cc1. The van der Waals surface area contributed by atoms with Crippen molar-refractivity contribution in [1.29, 1.82) is 0 Å². The summed E-state index contributed by atoms with van der Waals surface area (Å²) in [6.07, 6.45) is 5.15. The van der Waals surface area contributed by atoms with Crippen molar-refractivity contribution in [3.05, 3.63) is 36.8 Å². The Labute approximate surface area is 113 Å². The highest BCUT2D eigenvalue weighted by atomic mass is 16.5. The van der Waals surface area contributed by atoms with Crippen molar-refractivity contribution in [2.75, 3.05) is 6.61 Å². The average molecular weight is 247 g/mol. The van der Waals surface area contributed by atoms with Crippen molar-refractivity contribution in [1.82, 2.24) is 0 Å². The summed E-state index contributed by atoms with van der Waals surface area (Å²) in [5.41, 5.74) is 1.03. The normalized spacial score (nSPS) is 12.7. The van der Waals surface area contributed by atoms with Crippen LogP contribution >= 0.6 is 0 Å². The second-order valence-electron chi connectivity index (χ2n) is 5.71. The molecule has 0 aliphatic heterocycles. The Hall–Kier alpha value is -0.980. The van der Waals surface area contributed by atoms with Crippen molar-refractivity contribution >= 4 is 0 Å². The molecule has 0 aliphatic rings. The fourth-order valence-electron chi connectivity index (χ4n) is 1.98. The van der Waals surface area contributed by atoms with Gasteiger partial charge in [0.2, 0.25) is 0 Å². The first-order valence-corrected chi connectivity index (χ1v) is 7.12. The Morgan fingerprint density at radius 3 is 2.28 bits per heavy atom. The quantitative estimate of drug-likeness (QED) is 0.621. The summed E-state index contributed by atoms with van der Waals surface area (Å²) in [5.74, 6) is 2.54. The lowest BCUT2D eigenvalue weighted by Gasteiger charge is -2.13. The predicted molar refractivity (Wildman–Crippen MR) is 78.9 cm³/mol. The summed E-state index contributed by atoms with van der Waals surface area (Å²) >= 11 is 0. The van der Waals surface area contributed by atoms with Gasteiger partial charge in [-0.1, -0.05) is 52.2 Å². The zero-order valence-corrected chi connectivity index (χ0v) is 12.1. The van der Waals surface area contributed by atoms with Gasteiger partial charge < -0.3 is 4.74 Å². The van der Waals surface area contributed by atoms with Crippen LogP contribution in [-0.4, -0.2) is 6.61 Å². The van der Waals surface area contributed by atoms with Crippen molar-refractivity contribution in [2.45, 2.75) is 46.5 Å². The van der Waals surface area contributed by atoms with Gasteiger partial charge in [-0.3, -0.25) is 0 Å². The number of hydrogen-bond acceptors (Lipinski definition) is 1. The second-order valence-corrected chi connectivity index (χ2v) is 5.71. The third-order valence-electron chi connectivity index (χ3n) is 3.28. The fourth-order valence-corrected chi connectivity index (χ4v) is 1.98. The summed E-state index contributed by atoms with van der Waals surface area (Å²) in [5, 5.41) is 0. The highest BCUT2D eigenvalue weighted by molar-refractivity contribution is 5.28. The van der Waals surface area contributed by atoms with E-state index in [0.29, 0.717) is 0 Å². The average Bonchev–Trinajstić information content (AvgIpc) is 2.31. The van der Waals surface area contributed by atoms with Crippen molar-refractivity contribution < 1.29 is 4.74 Å². The van der Waals surface area contributed by atoms with Gasteiger partial charge in [-0.25, -0.2) is 0 Å². The van der Waals surface area contributed by atoms with Crippen LogP contribution in [0.3, 0.4) is 0 Å². The molecule has 0 aliphatic carbocycles. The maximum absolute atomic E-state index is 5.73. The van der Waals surface area contributed by atoms with Gasteiger partial charge in [0, 0.05) is 0 Å². The monoisotopic (exact) mass is 247 g/mol. The third-order valence-corrected chi connectivity index (χ3v) is 3.28. The van der Waals surface area contributed by atoms with Gasteiger partial charge in [0.25, 0.3) is 0 Å². The summed E-state index contributed by atoms with van der Waals surface area (Å²) < 4.78 is 5.73. The molecule has 0 spiro atoms. The van der Waals surface area contributed by atoms with E-state index in [9.17, 15) is 0 Å². The lowest BCUT2D eigenvalue weighted by Crippen LogP contribution is -2.04. The second kappa shape index (κ2) is 8.18. The molecule has 1 aromatic rings. The van der Waals surface area contributed by atoms with Gasteiger partial charge in [0.05, 0.1) is 6.61 Å². The van der Waals surface area contributed by atoms with Gasteiger partial charge in [-0.05, 0) is 42.9 Å². The van der Waals surface area contributed by atoms with E-state index >= 15 is 0 Å². The lowest BCUT2D eigenvalue weighted by molar-refractivity contribution is 0.275. The molecule has 1 radical (unpaired) electrons. The minimum atomic E-state index is 0.760. The number of hydrogen-bond donors (Lipinski definition) is 0. The summed E-state index contributed by atoms with van der Waals surface area (Å²) in [6, 6.07) is 7.96. The minimum Gasteiger partial charge on any atom is -0.494 e. The Morgan fingerprint density at radius 2 is 1.67 bits per heavy atom. The van der Waals surface area contributed by atoms with Gasteiger partial charge in [0.15, 0.2) is 0 Å². The minimum absolute atomic E-state index is 0.760. The fraction of sp³-hybridized carbons (Fsp3) is 0.588. The predicted octanol–water partition coefficient (Wildman–Crippen LogP) is 5.10. The van der Waals surface area contributed by atoms with Crippen LogP contribution < -0.4 is 4.74 Å². The Bertz CT molecular complexity index is 313. The van der Waals surface area contributed by atoms with Crippen LogP contribution in [0, 0.1) is 18.8 Å². The molecule has 1 atom stereocenters. The van der Waals surface area contributed by atoms with Gasteiger partial charge in [-0.15, -0.1) is 0 Å². The lowest BCUT2D eigenvalue weighted by atomic mass is 9.98. The number of rotatable bonds is 8. The molecule has 0 amide bonds. The number of benzene rings is 1. The van der Waals surface area contributed by atoms with Crippen LogP contribution in [0.1, 0.15) is 52.0 Å². The summed E-state index contributed by atoms with van der Waals surface area (Å²) in [6.45, 7) is 11.6. The molecule has 1 nitrogen and oxygen atoms in total. The molecule has 1 unspecified atom stereocenters. The molecule has 1 heteroatoms. The zero-order valence-electron chi connectivity index (χ0n) is 12.1. The molecule has 0 bridgehead atoms. The largest absolute Gasteiger partial charge is 0.494 e. The van der Waals surface area contributed by atoms with Crippen LogP contribution in [0.2, 0.25) is 0 Å². The molecule has 18 heavy (non-hydrogen) atoms. The number of ether oxygens (including phenoxy) is 1. The van der Waals surface area contributed by atoms with Crippen LogP contribution in [-0.2, 0) is 0 Å². The van der Waals surface area contributed by atoms with E-state index in [-0.39, 0.29) is 0 Å². The van der Waals surface area contributed by atoms with Gasteiger partial charge in [-0.2, -0.15) is 0 Å². The molecule has 0 heterocycles. The molecular weight excluding hydrogens is 220 g/mol. The maximum atomic E-state index is 5.73. The summed E-state index contributed by atoms with van der Waals surface area (Å²) in [4.78, 5) is 0. The molecule has 0 fully saturated rings. The van der Waals surface area contributed by atoms with Crippen molar-refractivity contribution in [2.24, 2.45) is 11.8 Å². The maximum Gasteiger partial charge on any atom is 0.119 e. The Morgan fingerprint density at radius 1 is 1.00 bits per heavy atom. The summed E-state index contributed by atoms with van der Waals surface area (Å²) in [7, 11) is 0. The van der Waals surface area contributed by atoms with E-state index in [1.54, 1.807) is 0 Å². The van der Waals surface area contributed by atoms with E-state index in [1.165, 1.54) is 19.3 Å². The zero-order chi connectivity index (χ0) is 13.4. The standard InChI is InChI=1S/C17H27O/c1-14(2)6-5-7-15(3)12-13-18-17-10-8-16(4)9-11-17/h8-11,14-15H,4-7,12-13H2,1-3H3.